The molecule has 0 fully saturated rings. The highest BCUT2D eigenvalue weighted by atomic mass is 79.9. The van der Waals surface area contributed by atoms with Gasteiger partial charge < -0.3 is 15.8 Å². The molecule has 1 heterocycles. The summed E-state index contributed by atoms with van der Waals surface area (Å²) < 4.78 is 5.90. The number of nitrogens with zero attached hydrogens (tertiary/aromatic N) is 2. The second-order valence-electron chi connectivity index (χ2n) is 4.63. The average molecular weight is 361 g/mol. The van der Waals surface area contributed by atoms with Gasteiger partial charge in [0.05, 0.1) is 19.0 Å². The van der Waals surface area contributed by atoms with E-state index in [9.17, 15) is 9.59 Å². The van der Waals surface area contributed by atoms with Crippen LogP contribution < -0.4 is 16.6 Å². The molecule has 1 atom stereocenters. The number of esters is 1. The number of unbranched alkanes of at least 4 members (excludes halogenated alkanes) is 1. The molecule has 8 heteroatoms. The quantitative estimate of drug-likeness (QED) is 0.673. The Morgan fingerprint density at radius 3 is 2.90 bits per heavy atom. The number of nitrogens with two attached hydrogens (primary N) is 1. The first-order valence-electron chi connectivity index (χ1n) is 6.82. The molecule has 0 bridgehead atoms. The zero-order chi connectivity index (χ0) is 15.8. The minimum Gasteiger partial charge on any atom is -0.468 e. The molecule has 0 aliphatic heterocycles. The maximum Gasteiger partial charge on any atom is 0.327 e. The summed E-state index contributed by atoms with van der Waals surface area (Å²) in [6.45, 7) is 2.36. The molecular weight excluding hydrogens is 340 g/mol. The first-order chi connectivity index (χ1) is 10.0. The van der Waals surface area contributed by atoms with Crippen LogP contribution in [0.3, 0.4) is 0 Å². The van der Waals surface area contributed by atoms with E-state index in [-0.39, 0.29) is 12.6 Å². The molecule has 0 spiro atoms. The number of rotatable bonds is 8. The van der Waals surface area contributed by atoms with Gasteiger partial charge in [0, 0.05) is 12.6 Å². The molecule has 118 valence electrons. The third kappa shape index (κ3) is 5.13. The predicted octanol–water partition coefficient (Wildman–Crippen LogP) is 1.11. The molecule has 1 aromatic rings. The van der Waals surface area contributed by atoms with Crippen LogP contribution in [-0.2, 0) is 16.1 Å². The van der Waals surface area contributed by atoms with Crippen molar-refractivity contribution in [2.45, 2.75) is 38.8 Å². The topological polar surface area (TPSA) is 99.2 Å². The number of hydrogen-bond donors (Lipinski definition) is 2. The Bertz CT molecular complexity index is 533. The van der Waals surface area contributed by atoms with Crippen LogP contribution in [0, 0.1) is 0 Å². The highest BCUT2D eigenvalue weighted by Gasteiger charge is 2.14. The number of carbonyl (C=O) groups excluding carboxylic acids is 1. The molecule has 0 saturated carbocycles. The Morgan fingerprint density at radius 2 is 2.33 bits per heavy atom. The maximum absolute atomic E-state index is 12.1. The summed E-state index contributed by atoms with van der Waals surface area (Å²) >= 11 is 3.24. The largest absolute Gasteiger partial charge is 0.468 e. The molecule has 0 amide bonds. The van der Waals surface area contributed by atoms with E-state index in [0.717, 1.165) is 23.9 Å². The normalized spacial score (nSPS) is 12.0. The minimum atomic E-state index is -0.528. The van der Waals surface area contributed by atoms with Crippen molar-refractivity contribution in [3.8, 4) is 0 Å². The molecule has 1 aromatic heterocycles. The maximum atomic E-state index is 12.1. The number of ether oxygens (including phenoxy) is 1. The zero-order valence-electron chi connectivity index (χ0n) is 12.3. The fourth-order valence-electron chi connectivity index (χ4n) is 1.78. The van der Waals surface area contributed by atoms with Gasteiger partial charge in [0.1, 0.15) is 11.0 Å². The van der Waals surface area contributed by atoms with Gasteiger partial charge in [-0.2, -0.15) is 5.10 Å². The molecule has 0 saturated heterocycles. The number of carbonyl (C=O) groups is 1. The fourth-order valence-corrected chi connectivity index (χ4v) is 2.21. The van der Waals surface area contributed by atoms with Gasteiger partial charge in [0.15, 0.2) is 0 Å². The molecule has 21 heavy (non-hydrogen) atoms. The molecule has 3 N–H and O–H groups in total. The van der Waals surface area contributed by atoms with Crippen molar-refractivity contribution in [2.24, 2.45) is 5.73 Å². The molecular formula is C13H21BrN4O3. The molecule has 1 rings (SSSR count). The molecule has 0 radical (unpaired) electrons. The van der Waals surface area contributed by atoms with Crippen molar-refractivity contribution in [2.75, 3.05) is 19.0 Å². The molecule has 0 aliphatic rings. The van der Waals surface area contributed by atoms with E-state index in [1.165, 1.54) is 13.3 Å². The van der Waals surface area contributed by atoms with Crippen LogP contribution in [0.2, 0.25) is 0 Å². The summed E-state index contributed by atoms with van der Waals surface area (Å²) in [5, 5.41) is 7.17. The van der Waals surface area contributed by atoms with E-state index < -0.39 is 11.5 Å². The molecule has 1 unspecified atom stereocenters. The lowest BCUT2D eigenvalue weighted by Gasteiger charge is -2.18. The monoisotopic (exact) mass is 360 g/mol. The van der Waals surface area contributed by atoms with Crippen molar-refractivity contribution >= 4 is 27.6 Å². The van der Waals surface area contributed by atoms with Gasteiger partial charge in [-0.1, -0.05) is 19.8 Å². The van der Waals surface area contributed by atoms with Gasteiger partial charge in [0.2, 0.25) is 0 Å². The van der Waals surface area contributed by atoms with Gasteiger partial charge in [-0.05, 0) is 22.4 Å². The molecule has 0 aliphatic carbocycles. The van der Waals surface area contributed by atoms with E-state index in [1.807, 2.05) is 0 Å². The summed E-state index contributed by atoms with van der Waals surface area (Å²) in [6.07, 6.45) is 4.56. The van der Waals surface area contributed by atoms with Gasteiger partial charge >= 0.3 is 5.97 Å². The van der Waals surface area contributed by atoms with Gasteiger partial charge in [0.25, 0.3) is 5.56 Å². The van der Waals surface area contributed by atoms with Crippen LogP contribution in [0.4, 0.5) is 5.69 Å². The molecule has 0 aromatic carbocycles. The van der Waals surface area contributed by atoms with Crippen LogP contribution in [0.5, 0.6) is 0 Å². The number of aromatic nitrogens is 2. The van der Waals surface area contributed by atoms with Crippen molar-refractivity contribution in [1.29, 1.82) is 0 Å². The summed E-state index contributed by atoms with van der Waals surface area (Å²) in [4.78, 5) is 23.3. The summed E-state index contributed by atoms with van der Waals surface area (Å²) in [7, 11) is 1.26. The first kappa shape index (κ1) is 17.6. The Balaban J connectivity index is 2.88. The second kappa shape index (κ2) is 8.78. The fraction of sp³-hybridized carbons (Fsp3) is 0.615. The Labute approximate surface area is 132 Å². The van der Waals surface area contributed by atoms with Crippen molar-refractivity contribution < 1.29 is 9.53 Å². The van der Waals surface area contributed by atoms with Gasteiger partial charge in [-0.3, -0.25) is 9.59 Å². The highest BCUT2D eigenvalue weighted by Crippen LogP contribution is 2.18. The summed E-state index contributed by atoms with van der Waals surface area (Å²) in [5.41, 5.74) is 5.91. The molecule has 7 nitrogen and oxygen atoms in total. The third-order valence-electron chi connectivity index (χ3n) is 3.04. The lowest BCUT2D eigenvalue weighted by molar-refractivity contribution is -0.141. The number of anilines is 1. The smallest absolute Gasteiger partial charge is 0.327 e. The summed E-state index contributed by atoms with van der Waals surface area (Å²) in [6, 6.07) is 0.0823. The first-order valence-corrected chi connectivity index (χ1v) is 7.61. The Morgan fingerprint density at radius 1 is 1.62 bits per heavy atom. The van der Waals surface area contributed by atoms with Crippen molar-refractivity contribution in [3.63, 3.8) is 0 Å². The van der Waals surface area contributed by atoms with E-state index in [0.29, 0.717) is 16.7 Å². The number of nitrogens with one attached hydrogen (secondary N) is 1. The van der Waals surface area contributed by atoms with Crippen molar-refractivity contribution in [3.05, 3.63) is 21.0 Å². The van der Waals surface area contributed by atoms with Gasteiger partial charge in [-0.15, -0.1) is 0 Å². The van der Waals surface area contributed by atoms with Crippen LogP contribution >= 0.6 is 15.9 Å². The van der Waals surface area contributed by atoms with Crippen molar-refractivity contribution in [1.82, 2.24) is 9.78 Å². The van der Waals surface area contributed by atoms with Gasteiger partial charge in [-0.25, -0.2) is 4.68 Å². The highest BCUT2D eigenvalue weighted by molar-refractivity contribution is 9.10. The van der Waals surface area contributed by atoms with E-state index >= 15 is 0 Å². The number of methoxy groups -OCH3 is 1. The SMILES string of the molecule is CCCCC(CN)Nc1cnn(CC(=O)OC)c(=O)c1Br. The Kier molecular flexibility index (Phi) is 7.38. The minimum absolute atomic E-state index is 0.0823. The van der Waals surface area contributed by atoms with Crippen LogP contribution in [-0.4, -0.2) is 35.4 Å². The Hall–Kier alpha value is -1.41. The van der Waals surface area contributed by atoms with E-state index in [1.54, 1.807) is 0 Å². The van der Waals surface area contributed by atoms with Crippen LogP contribution in [0.15, 0.2) is 15.5 Å². The van der Waals surface area contributed by atoms with E-state index in [2.05, 4.69) is 38.0 Å². The lowest BCUT2D eigenvalue weighted by atomic mass is 10.1. The summed E-state index contributed by atoms with van der Waals surface area (Å²) in [5.74, 6) is -0.528. The number of halogens is 1. The second-order valence-corrected chi connectivity index (χ2v) is 5.42. The lowest BCUT2D eigenvalue weighted by Crippen LogP contribution is -2.32. The van der Waals surface area contributed by atoms with E-state index in [4.69, 9.17) is 5.73 Å². The predicted molar refractivity (Wildman–Crippen MR) is 84.2 cm³/mol. The third-order valence-corrected chi connectivity index (χ3v) is 3.81. The standard InChI is InChI=1S/C13H21BrN4O3/c1-3-4-5-9(6-15)17-10-7-16-18(8-11(19)21-2)13(20)12(10)14/h7,9,17H,3-6,8,15H2,1-2H3. The number of hydrogen-bond acceptors (Lipinski definition) is 6. The average Bonchev–Trinajstić information content (AvgIpc) is 2.50. The van der Waals surface area contributed by atoms with Crippen LogP contribution in [0.1, 0.15) is 26.2 Å². The van der Waals surface area contributed by atoms with Crippen LogP contribution in [0.25, 0.3) is 0 Å². The zero-order valence-corrected chi connectivity index (χ0v) is 13.9.